The first-order valence-electron chi connectivity index (χ1n) is 7.30. The minimum absolute atomic E-state index is 0.396. The fraction of sp³-hybridized carbons (Fsp3) is 1.00. The second-order valence-corrected chi connectivity index (χ2v) is 5.70. The summed E-state index contributed by atoms with van der Waals surface area (Å²) < 4.78 is 5.62. The van der Waals surface area contributed by atoms with Gasteiger partial charge < -0.3 is 15.0 Å². The van der Waals surface area contributed by atoms with Gasteiger partial charge in [0.1, 0.15) is 0 Å². The first-order chi connectivity index (χ1) is 8.20. The van der Waals surface area contributed by atoms with Gasteiger partial charge in [0.05, 0.1) is 6.10 Å². The molecule has 0 saturated carbocycles. The van der Waals surface area contributed by atoms with E-state index in [1.165, 1.54) is 38.9 Å². The maximum atomic E-state index is 5.62. The number of nitrogens with one attached hydrogen (secondary N) is 1. The Hall–Kier alpha value is -0.120. The third kappa shape index (κ3) is 3.43. The van der Waals surface area contributed by atoms with Gasteiger partial charge in [-0.05, 0) is 58.7 Å². The molecule has 2 saturated heterocycles. The number of ether oxygens (including phenoxy) is 1. The maximum Gasteiger partial charge on any atom is 0.0700 e. The van der Waals surface area contributed by atoms with Crippen molar-refractivity contribution in [3.63, 3.8) is 0 Å². The van der Waals surface area contributed by atoms with Crippen LogP contribution in [-0.2, 0) is 4.74 Å². The van der Waals surface area contributed by atoms with Crippen molar-refractivity contribution in [2.24, 2.45) is 5.92 Å². The molecule has 3 unspecified atom stereocenters. The van der Waals surface area contributed by atoms with Gasteiger partial charge >= 0.3 is 0 Å². The first kappa shape index (κ1) is 13.3. The van der Waals surface area contributed by atoms with Crippen LogP contribution in [0.1, 0.15) is 40.0 Å². The lowest BCUT2D eigenvalue weighted by molar-refractivity contribution is 0.104. The van der Waals surface area contributed by atoms with Crippen molar-refractivity contribution in [3.8, 4) is 0 Å². The van der Waals surface area contributed by atoms with Crippen molar-refractivity contribution in [1.82, 2.24) is 10.2 Å². The van der Waals surface area contributed by atoms with Gasteiger partial charge in [0.15, 0.2) is 0 Å². The van der Waals surface area contributed by atoms with Gasteiger partial charge in [-0.3, -0.25) is 0 Å². The lowest BCUT2D eigenvalue weighted by Crippen LogP contribution is -2.47. The van der Waals surface area contributed by atoms with Gasteiger partial charge in [-0.1, -0.05) is 6.92 Å². The molecule has 2 heterocycles. The molecule has 2 aliphatic heterocycles. The Labute approximate surface area is 106 Å². The van der Waals surface area contributed by atoms with E-state index in [9.17, 15) is 0 Å². The summed E-state index contributed by atoms with van der Waals surface area (Å²) in [4.78, 5) is 2.56. The normalized spacial score (nSPS) is 34.1. The average molecular weight is 240 g/mol. The molecule has 1 N–H and O–H groups in total. The molecule has 0 amide bonds. The summed E-state index contributed by atoms with van der Waals surface area (Å²) in [6.07, 6.45) is 4.28. The molecule has 17 heavy (non-hydrogen) atoms. The molecule has 3 heteroatoms. The number of piperidine rings is 1. The Balaban J connectivity index is 1.74. The Morgan fingerprint density at radius 2 is 2.00 bits per heavy atom. The van der Waals surface area contributed by atoms with E-state index in [1.807, 2.05) is 0 Å². The summed E-state index contributed by atoms with van der Waals surface area (Å²) >= 11 is 0. The van der Waals surface area contributed by atoms with Gasteiger partial charge in [0, 0.05) is 18.7 Å². The summed E-state index contributed by atoms with van der Waals surface area (Å²) in [5.74, 6) is 0.852. The highest BCUT2D eigenvalue weighted by Crippen LogP contribution is 2.22. The van der Waals surface area contributed by atoms with Crippen LogP contribution in [-0.4, -0.2) is 49.3 Å². The molecule has 0 aliphatic carbocycles. The smallest absolute Gasteiger partial charge is 0.0700 e. The van der Waals surface area contributed by atoms with Crippen molar-refractivity contribution in [1.29, 1.82) is 0 Å². The summed E-state index contributed by atoms with van der Waals surface area (Å²) in [6.45, 7) is 11.5. The molecule has 0 spiro atoms. The van der Waals surface area contributed by atoms with Gasteiger partial charge in [0.2, 0.25) is 0 Å². The van der Waals surface area contributed by atoms with Gasteiger partial charge in [-0.15, -0.1) is 0 Å². The minimum Gasteiger partial charge on any atom is -0.377 e. The Kier molecular flexibility index (Phi) is 4.83. The lowest BCUT2D eigenvalue weighted by Gasteiger charge is -2.36. The molecular weight excluding hydrogens is 212 g/mol. The largest absolute Gasteiger partial charge is 0.377 e. The number of nitrogens with zero attached hydrogens (tertiary/aromatic N) is 1. The Morgan fingerprint density at radius 1 is 1.29 bits per heavy atom. The van der Waals surface area contributed by atoms with E-state index in [4.69, 9.17) is 4.74 Å². The van der Waals surface area contributed by atoms with E-state index in [0.717, 1.165) is 12.5 Å². The standard InChI is InChI=1S/C14H28N2O/c1-4-16-8-5-13(6-9-16)11(2)15-14-7-10-17-12(14)3/h11-15H,4-10H2,1-3H3. The van der Waals surface area contributed by atoms with Crippen molar-refractivity contribution in [3.05, 3.63) is 0 Å². The predicted octanol–water partition coefficient (Wildman–Crippen LogP) is 1.87. The number of hydrogen-bond donors (Lipinski definition) is 1. The third-order valence-corrected chi connectivity index (χ3v) is 4.64. The molecule has 0 aromatic carbocycles. The number of hydrogen-bond acceptors (Lipinski definition) is 3. The van der Waals surface area contributed by atoms with Gasteiger partial charge in [0.25, 0.3) is 0 Å². The summed E-state index contributed by atoms with van der Waals surface area (Å²) in [6, 6.07) is 1.22. The van der Waals surface area contributed by atoms with Crippen LogP contribution in [0.25, 0.3) is 0 Å². The fourth-order valence-corrected chi connectivity index (χ4v) is 3.19. The zero-order chi connectivity index (χ0) is 12.3. The van der Waals surface area contributed by atoms with Crippen LogP contribution in [0, 0.1) is 5.92 Å². The van der Waals surface area contributed by atoms with Crippen LogP contribution in [0.4, 0.5) is 0 Å². The molecule has 0 radical (unpaired) electrons. The van der Waals surface area contributed by atoms with Gasteiger partial charge in [-0.25, -0.2) is 0 Å². The third-order valence-electron chi connectivity index (χ3n) is 4.64. The molecule has 0 bridgehead atoms. The molecule has 3 nitrogen and oxygen atoms in total. The van der Waals surface area contributed by atoms with E-state index < -0.39 is 0 Å². The van der Waals surface area contributed by atoms with E-state index in [2.05, 4.69) is 31.0 Å². The molecule has 0 aromatic heterocycles. The monoisotopic (exact) mass is 240 g/mol. The Bertz CT molecular complexity index is 226. The molecule has 100 valence electrons. The average Bonchev–Trinajstić information content (AvgIpc) is 2.75. The van der Waals surface area contributed by atoms with Crippen LogP contribution in [0.5, 0.6) is 0 Å². The van der Waals surface area contributed by atoms with E-state index in [-0.39, 0.29) is 0 Å². The topological polar surface area (TPSA) is 24.5 Å². The molecule has 3 atom stereocenters. The molecule has 2 aliphatic rings. The van der Waals surface area contributed by atoms with Crippen molar-refractivity contribution in [2.45, 2.75) is 58.2 Å². The summed E-state index contributed by atoms with van der Waals surface area (Å²) in [5.41, 5.74) is 0. The second-order valence-electron chi connectivity index (χ2n) is 5.70. The highest BCUT2D eigenvalue weighted by molar-refractivity contribution is 4.86. The SMILES string of the molecule is CCN1CCC(C(C)NC2CCOC2C)CC1. The molecule has 0 aromatic rings. The van der Waals surface area contributed by atoms with Crippen LogP contribution >= 0.6 is 0 Å². The van der Waals surface area contributed by atoms with E-state index in [1.54, 1.807) is 0 Å². The van der Waals surface area contributed by atoms with Crippen LogP contribution in [0.2, 0.25) is 0 Å². The molecule has 2 fully saturated rings. The van der Waals surface area contributed by atoms with E-state index >= 15 is 0 Å². The first-order valence-corrected chi connectivity index (χ1v) is 7.30. The van der Waals surface area contributed by atoms with Crippen LogP contribution in [0.3, 0.4) is 0 Å². The molecule has 2 rings (SSSR count). The molecular formula is C14H28N2O. The lowest BCUT2D eigenvalue weighted by atomic mass is 9.89. The van der Waals surface area contributed by atoms with Crippen LogP contribution < -0.4 is 5.32 Å². The van der Waals surface area contributed by atoms with Gasteiger partial charge in [-0.2, -0.15) is 0 Å². The quantitative estimate of drug-likeness (QED) is 0.812. The van der Waals surface area contributed by atoms with Crippen molar-refractivity contribution < 1.29 is 4.74 Å². The Morgan fingerprint density at radius 3 is 2.53 bits per heavy atom. The summed E-state index contributed by atoms with van der Waals surface area (Å²) in [5, 5.41) is 3.79. The van der Waals surface area contributed by atoms with Crippen molar-refractivity contribution in [2.75, 3.05) is 26.2 Å². The zero-order valence-electron chi connectivity index (χ0n) is 11.6. The highest BCUT2D eigenvalue weighted by Gasteiger charge is 2.29. The number of rotatable bonds is 4. The fourth-order valence-electron chi connectivity index (χ4n) is 3.19. The minimum atomic E-state index is 0.396. The zero-order valence-corrected chi connectivity index (χ0v) is 11.6. The highest BCUT2D eigenvalue weighted by atomic mass is 16.5. The summed E-state index contributed by atoms with van der Waals surface area (Å²) in [7, 11) is 0. The van der Waals surface area contributed by atoms with Crippen molar-refractivity contribution >= 4 is 0 Å². The van der Waals surface area contributed by atoms with E-state index in [0.29, 0.717) is 18.2 Å². The maximum absolute atomic E-state index is 5.62. The second kappa shape index (κ2) is 6.17. The van der Waals surface area contributed by atoms with Crippen LogP contribution in [0.15, 0.2) is 0 Å². The predicted molar refractivity (Wildman–Crippen MR) is 71.3 cm³/mol. The number of likely N-dealkylation sites (tertiary alicyclic amines) is 1.